The van der Waals surface area contributed by atoms with E-state index in [1.54, 1.807) is 23.0 Å². The summed E-state index contributed by atoms with van der Waals surface area (Å²) in [6.45, 7) is 4.65. The summed E-state index contributed by atoms with van der Waals surface area (Å²) in [7, 11) is -1.28. The van der Waals surface area contributed by atoms with Gasteiger partial charge in [-0.2, -0.15) is 5.10 Å². The maximum atomic E-state index is 13.4. The zero-order chi connectivity index (χ0) is 27.5. The first-order valence-corrected chi connectivity index (χ1v) is 14.8. The Hall–Kier alpha value is -3.71. The van der Waals surface area contributed by atoms with Gasteiger partial charge in [0.2, 0.25) is 0 Å². The molecule has 5 rings (SSSR count). The van der Waals surface area contributed by atoms with Gasteiger partial charge in [-0.3, -0.25) is 18.8 Å². The molecule has 0 aromatic carbocycles. The fourth-order valence-corrected chi connectivity index (χ4v) is 6.47. The van der Waals surface area contributed by atoms with Crippen molar-refractivity contribution >= 4 is 51.9 Å². The molecule has 3 aliphatic rings. The fourth-order valence-electron chi connectivity index (χ4n) is 5.27. The topological polar surface area (TPSA) is 114 Å². The van der Waals surface area contributed by atoms with Crippen molar-refractivity contribution in [2.24, 2.45) is 10.9 Å². The van der Waals surface area contributed by atoms with Crippen molar-refractivity contribution in [2.45, 2.75) is 57.2 Å². The lowest BCUT2D eigenvalue weighted by Crippen LogP contribution is -2.30. The minimum Gasteiger partial charge on any atom is -0.355 e. The largest absolute Gasteiger partial charge is 0.355 e. The van der Waals surface area contributed by atoms with Crippen molar-refractivity contribution in [2.75, 3.05) is 23.7 Å². The van der Waals surface area contributed by atoms with E-state index < -0.39 is 16.0 Å². The van der Waals surface area contributed by atoms with Crippen LogP contribution in [0.1, 0.15) is 61.1 Å². The molecule has 2 aromatic heterocycles. The number of aldehydes is 1. The predicted molar refractivity (Wildman–Crippen MR) is 152 cm³/mol. The van der Waals surface area contributed by atoms with E-state index in [2.05, 4.69) is 28.0 Å². The Morgan fingerprint density at radius 3 is 2.87 bits per heavy atom. The highest BCUT2D eigenvalue weighted by molar-refractivity contribution is 7.86. The van der Waals surface area contributed by atoms with E-state index >= 15 is 0 Å². The first-order valence-electron chi connectivity index (χ1n) is 13.4. The van der Waals surface area contributed by atoms with Crippen LogP contribution in [0.3, 0.4) is 0 Å². The molecular weight excluding hydrogens is 514 g/mol. The summed E-state index contributed by atoms with van der Waals surface area (Å²) in [5.41, 5.74) is 3.27. The molecule has 1 aliphatic carbocycles. The number of Topliss-reactive ketones (excluding diaryl/α,β-unsaturated/α-hetero) is 1. The maximum absolute atomic E-state index is 13.4. The molecule has 1 saturated heterocycles. The van der Waals surface area contributed by atoms with Crippen molar-refractivity contribution in [3.05, 3.63) is 41.2 Å². The van der Waals surface area contributed by atoms with Gasteiger partial charge in [0.25, 0.3) is 0 Å². The molecular formula is C29H31N5O4S. The Morgan fingerprint density at radius 2 is 2.10 bits per heavy atom. The SMILES string of the molecule is CCC#CCc1c(C(=O)CC)c(N2CCC(C=O)S(=O)CC2)nc2c(C3=CC4CC(=O)C=CC4N=C3)cnn12. The maximum Gasteiger partial charge on any atom is 0.168 e. The molecule has 1 fully saturated rings. The minimum atomic E-state index is -1.28. The average Bonchev–Trinajstić information content (AvgIpc) is 3.28. The molecule has 2 aliphatic heterocycles. The smallest absolute Gasteiger partial charge is 0.168 e. The van der Waals surface area contributed by atoms with Crippen LogP contribution < -0.4 is 4.90 Å². The zero-order valence-corrected chi connectivity index (χ0v) is 22.9. The number of aliphatic imine (C=N–C) groups is 1. The number of hydrogen-bond acceptors (Lipinski definition) is 8. The second-order valence-electron chi connectivity index (χ2n) is 9.83. The standard InChI is InChI=1S/C29H31N5O4S/c1-3-5-6-7-25-27(26(37)4-2)29(33-11-10-22(18-35)39(38)13-12-33)32-28-23(17-31-34(25)28)20-14-19-15-21(36)8-9-24(19)30-16-20/h8-9,14,16-19,22,24H,3-4,7,10-13,15H2,1-2H3. The van der Waals surface area contributed by atoms with Crippen LogP contribution in [-0.2, 0) is 26.8 Å². The van der Waals surface area contributed by atoms with Gasteiger partial charge < -0.3 is 9.69 Å². The molecule has 0 spiro atoms. The Balaban J connectivity index is 1.68. The molecule has 4 heterocycles. The summed E-state index contributed by atoms with van der Waals surface area (Å²) < 4.78 is 14.3. The molecule has 0 saturated carbocycles. The van der Waals surface area contributed by atoms with Crippen LogP contribution in [0.4, 0.5) is 5.82 Å². The predicted octanol–water partition coefficient (Wildman–Crippen LogP) is 2.79. The summed E-state index contributed by atoms with van der Waals surface area (Å²) in [6, 6.07) is -0.0609. The monoisotopic (exact) mass is 545 g/mol. The van der Waals surface area contributed by atoms with Crippen molar-refractivity contribution in [3.8, 4) is 11.8 Å². The summed E-state index contributed by atoms with van der Waals surface area (Å²) in [6.07, 6.45) is 11.9. The highest BCUT2D eigenvalue weighted by atomic mass is 32.2. The lowest BCUT2D eigenvalue weighted by molar-refractivity contribution is -0.115. The van der Waals surface area contributed by atoms with Gasteiger partial charge >= 0.3 is 0 Å². The molecule has 0 bridgehead atoms. The third-order valence-electron chi connectivity index (χ3n) is 7.36. The first-order chi connectivity index (χ1) is 18.9. The van der Waals surface area contributed by atoms with E-state index in [4.69, 9.17) is 4.98 Å². The lowest BCUT2D eigenvalue weighted by Gasteiger charge is -2.26. The number of fused-ring (bicyclic) bond motifs is 2. The summed E-state index contributed by atoms with van der Waals surface area (Å²) in [5.74, 6) is 7.06. The molecule has 4 atom stereocenters. The first kappa shape index (κ1) is 26.9. The zero-order valence-electron chi connectivity index (χ0n) is 22.1. The van der Waals surface area contributed by atoms with Crippen LogP contribution in [0.5, 0.6) is 0 Å². The lowest BCUT2D eigenvalue weighted by atomic mass is 9.85. The molecule has 0 amide bonds. The number of nitrogens with zero attached hydrogens (tertiary/aromatic N) is 5. The average molecular weight is 546 g/mol. The number of rotatable bonds is 6. The van der Waals surface area contributed by atoms with E-state index in [-0.39, 0.29) is 29.9 Å². The number of dihydropyridines is 1. The van der Waals surface area contributed by atoms with Crippen LogP contribution in [0.15, 0.2) is 29.4 Å². The Morgan fingerprint density at radius 1 is 1.26 bits per heavy atom. The van der Waals surface area contributed by atoms with Crippen molar-refractivity contribution in [1.82, 2.24) is 14.6 Å². The minimum absolute atomic E-state index is 0.0337. The number of anilines is 1. The van der Waals surface area contributed by atoms with Crippen LogP contribution in [-0.4, -0.2) is 73.0 Å². The quantitative estimate of drug-likeness (QED) is 0.312. The fraction of sp³-hybridized carbons (Fsp3) is 0.448. The molecule has 10 heteroatoms. The van der Waals surface area contributed by atoms with Gasteiger partial charge in [-0.25, -0.2) is 9.50 Å². The van der Waals surface area contributed by atoms with Crippen LogP contribution in [0.2, 0.25) is 0 Å². The second-order valence-corrected chi connectivity index (χ2v) is 11.6. The van der Waals surface area contributed by atoms with E-state index in [1.807, 2.05) is 24.8 Å². The Labute approximate surface area is 229 Å². The molecule has 39 heavy (non-hydrogen) atoms. The van der Waals surface area contributed by atoms with Gasteiger partial charge in [-0.15, -0.1) is 5.92 Å². The van der Waals surface area contributed by atoms with E-state index in [1.165, 1.54) is 0 Å². The van der Waals surface area contributed by atoms with Gasteiger partial charge in [0, 0.05) is 72.2 Å². The summed E-state index contributed by atoms with van der Waals surface area (Å²) in [5, 5.41) is 4.11. The summed E-state index contributed by atoms with van der Waals surface area (Å²) in [4.78, 5) is 48.6. The van der Waals surface area contributed by atoms with Crippen LogP contribution in [0.25, 0.3) is 11.2 Å². The number of allylic oxidation sites excluding steroid dienone is 2. The van der Waals surface area contributed by atoms with Gasteiger partial charge in [0.05, 0.1) is 35.2 Å². The molecule has 4 unspecified atom stereocenters. The second kappa shape index (κ2) is 11.6. The normalized spacial score (nSPS) is 24.5. The number of hydrogen-bond donors (Lipinski definition) is 0. The third kappa shape index (κ3) is 5.28. The van der Waals surface area contributed by atoms with Crippen molar-refractivity contribution < 1.29 is 18.6 Å². The molecule has 0 radical (unpaired) electrons. The van der Waals surface area contributed by atoms with Crippen LogP contribution >= 0.6 is 0 Å². The number of carbonyl (C=O) groups excluding carboxylic acids is 3. The summed E-state index contributed by atoms with van der Waals surface area (Å²) >= 11 is 0. The number of ketones is 2. The van der Waals surface area contributed by atoms with Crippen LogP contribution in [0, 0.1) is 17.8 Å². The highest BCUT2D eigenvalue weighted by Crippen LogP contribution is 2.33. The van der Waals surface area contributed by atoms with Crippen molar-refractivity contribution in [1.29, 1.82) is 0 Å². The Kier molecular flexibility index (Phi) is 7.98. The van der Waals surface area contributed by atoms with E-state index in [9.17, 15) is 18.6 Å². The van der Waals surface area contributed by atoms with E-state index in [0.717, 1.165) is 17.4 Å². The van der Waals surface area contributed by atoms with Gasteiger partial charge in [0.1, 0.15) is 12.1 Å². The van der Waals surface area contributed by atoms with Gasteiger partial charge in [0.15, 0.2) is 17.2 Å². The van der Waals surface area contributed by atoms with Crippen molar-refractivity contribution in [3.63, 3.8) is 0 Å². The highest BCUT2D eigenvalue weighted by Gasteiger charge is 2.31. The molecule has 0 N–H and O–H groups in total. The van der Waals surface area contributed by atoms with E-state index in [0.29, 0.717) is 67.2 Å². The molecule has 9 nitrogen and oxygen atoms in total. The number of aromatic nitrogens is 3. The number of carbonyl (C=O) groups is 3. The molecule has 202 valence electrons. The Bertz CT molecular complexity index is 1510. The van der Waals surface area contributed by atoms with Gasteiger partial charge in [-0.1, -0.05) is 31.9 Å². The molecule has 2 aromatic rings. The van der Waals surface area contributed by atoms with Gasteiger partial charge in [-0.05, 0) is 12.5 Å². The third-order valence-corrected chi connectivity index (χ3v) is 8.97.